The highest BCUT2D eigenvalue weighted by Crippen LogP contribution is 2.22. The Morgan fingerprint density at radius 1 is 1.05 bits per heavy atom. The minimum atomic E-state index is -1.29. The number of aliphatic hydroxyl groups is 3. The zero-order valence-corrected chi connectivity index (χ0v) is 13.0. The quantitative estimate of drug-likeness (QED) is 0.402. The monoisotopic (exact) mass is 302 g/mol. The van der Waals surface area contributed by atoms with Crippen LogP contribution in [0.25, 0.3) is 0 Å². The number of hydrogen-bond acceptors (Lipinski definition) is 5. The van der Waals surface area contributed by atoms with E-state index < -0.39 is 24.6 Å². The van der Waals surface area contributed by atoms with Crippen molar-refractivity contribution >= 4 is 0 Å². The lowest BCUT2D eigenvalue weighted by Crippen LogP contribution is -2.35. The number of unbranched alkanes of at least 4 members (excludes halogenated alkanes) is 7. The predicted octanol–water partition coefficient (Wildman–Crippen LogP) is 2.10. The third-order valence-corrected chi connectivity index (χ3v) is 3.80. The van der Waals surface area contributed by atoms with Gasteiger partial charge in [-0.2, -0.15) is 0 Å². The number of aliphatic hydroxyl groups excluding tert-OH is 3. The topological polar surface area (TPSA) is 79.2 Å². The van der Waals surface area contributed by atoms with E-state index >= 15 is 0 Å². The lowest BCUT2D eigenvalue weighted by Gasteiger charge is -2.17. The average molecular weight is 302 g/mol. The lowest BCUT2D eigenvalue weighted by atomic mass is 10.1. The van der Waals surface area contributed by atoms with Crippen molar-refractivity contribution in [2.45, 2.75) is 82.9 Å². The van der Waals surface area contributed by atoms with Gasteiger partial charge in [0.2, 0.25) is 0 Å². The van der Waals surface area contributed by atoms with Gasteiger partial charge in [-0.25, -0.2) is 0 Å². The minimum absolute atomic E-state index is 0.287. The lowest BCUT2D eigenvalue weighted by molar-refractivity contribution is -0.132. The van der Waals surface area contributed by atoms with Gasteiger partial charge in [0.25, 0.3) is 0 Å². The molecule has 124 valence electrons. The molecule has 0 unspecified atom stereocenters. The Labute approximate surface area is 127 Å². The third kappa shape index (κ3) is 6.78. The Balaban J connectivity index is 2.06. The molecule has 5 heteroatoms. The van der Waals surface area contributed by atoms with E-state index in [0.717, 1.165) is 12.8 Å². The summed E-state index contributed by atoms with van der Waals surface area (Å²) in [4.78, 5) is 0. The molecule has 1 aliphatic heterocycles. The van der Waals surface area contributed by atoms with Crippen LogP contribution in [0.15, 0.2) is 12.3 Å². The number of rotatable bonds is 11. The summed E-state index contributed by atoms with van der Waals surface area (Å²) in [5.41, 5.74) is 0. The standard InChI is InChI=1S/C16H30O5/c1-2-3-4-5-6-7-8-9-10-11-20-15-13(12-17)21-16(19)14(15)18/h10-11,13-19H,2-9,12H2,1H3/b11-10+/t13-,14+,15-,16+/m1/s1. The maximum Gasteiger partial charge on any atom is 0.185 e. The first-order valence-corrected chi connectivity index (χ1v) is 8.13. The van der Waals surface area contributed by atoms with Gasteiger partial charge in [0.1, 0.15) is 12.2 Å². The van der Waals surface area contributed by atoms with Crippen molar-refractivity contribution in [2.24, 2.45) is 0 Å². The largest absolute Gasteiger partial charge is 0.493 e. The molecule has 1 heterocycles. The van der Waals surface area contributed by atoms with E-state index in [1.54, 1.807) is 0 Å². The first-order chi connectivity index (χ1) is 10.2. The van der Waals surface area contributed by atoms with Crippen LogP contribution in [-0.4, -0.2) is 46.5 Å². The summed E-state index contributed by atoms with van der Waals surface area (Å²) in [5.74, 6) is 0. The summed E-state index contributed by atoms with van der Waals surface area (Å²) in [6, 6.07) is 0. The molecule has 1 fully saturated rings. The van der Waals surface area contributed by atoms with Crippen LogP contribution in [0.5, 0.6) is 0 Å². The van der Waals surface area contributed by atoms with E-state index in [0.29, 0.717) is 0 Å². The number of ether oxygens (including phenoxy) is 2. The molecule has 0 spiro atoms. The normalized spacial score (nSPS) is 29.3. The van der Waals surface area contributed by atoms with Gasteiger partial charge in [0.15, 0.2) is 12.4 Å². The molecule has 0 aromatic carbocycles. The van der Waals surface area contributed by atoms with Crippen LogP contribution >= 0.6 is 0 Å². The highest BCUT2D eigenvalue weighted by Gasteiger charge is 2.43. The van der Waals surface area contributed by atoms with Crippen LogP contribution in [0.2, 0.25) is 0 Å². The van der Waals surface area contributed by atoms with E-state index in [1.807, 2.05) is 6.08 Å². The molecule has 0 amide bonds. The number of allylic oxidation sites excluding steroid dienone is 1. The van der Waals surface area contributed by atoms with E-state index in [4.69, 9.17) is 14.6 Å². The SMILES string of the molecule is CCCCCCCCC/C=C/O[C@H]1[C@H](O)[C@@H](O)O[C@@H]1CO. The molecule has 0 saturated carbocycles. The Kier molecular flexibility index (Phi) is 9.67. The molecule has 0 radical (unpaired) electrons. The maximum atomic E-state index is 9.66. The van der Waals surface area contributed by atoms with Gasteiger partial charge in [-0.15, -0.1) is 0 Å². The van der Waals surface area contributed by atoms with Crippen molar-refractivity contribution in [2.75, 3.05) is 6.61 Å². The molecule has 0 aromatic heterocycles. The summed E-state index contributed by atoms with van der Waals surface area (Å²) in [6.07, 6.45) is 9.47. The van der Waals surface area contributed by atoms with Crippen LogP contribution in [0.3, 0.4) is 0 Å². The minimum Gasteiger partial charge on any atom is -0.493 e. The summed E-state index contributed by atoms with van der Waals surface area (Å²) in [5, 5.41) is 28.1. The second-order valence-corrected chi connectivity index (χ2v) is 5.62. The predicted molar refractivity (Wildman–Crippen MR) is 80.6 cm³/mol. The zero-order valence-electron chi connectivity index (χ0n) is 13.0. The van der Waals surface area contributed by atoms with Crippen molar-refractivity contribution in [1.82, 2.24) is 0 Å². The molecule has 3 N–H and O–H groups in total. The Morgan fingerprint density at radius 2 is 1.71 bits per heavy atom. The number of hydrogen-bond donors (Lipinski definition) is 3. The van der Waals surface area contributed by atoms with Crippen molar-refractivity contribution in [3.63, 3.8) is 0 Å². The molecule has 1 saturated heterocycles. The molecule has 4 atom stereocenters. The molecule has 1 rings (SSSR count). The fourth-order valence-electron chi connectivity index (χ4n) is 2.47. The van der Waals surface area contributed by atoms with Crippen molar-refractivity contribution < 1.29 is 24.8 Å². The molecule has 0 aromatic rings. The van der Waals surface area contributed by atoms with Gasteiger partial charge in [-0.3, -0.25) is 0 Å². The molecule has 21 heavy (non-hydrogen) atoms. The fraction of sp³-hybridized carbons (Fsp3) is 0.875. The molecule has 0 aliphatic carbocycles. The van der Waals surface area contributed by atoms with Crippen LogP contribution in [0.4, 0.5) is 0 Å². The first kappa shape index (κ1) is 18.4. The Bertz CT molecular complexity index is 282. The zero-order chi connectivity index (χ0) is 15.5. The van der Waals surface area contributed by atoms with Gasteiger partial charge >= 0.3 is 0 Å². The second kappa shape index (κ2) is 11.0. The van der Waals surface area contributed by atoms with E-state index in [-0.39, 0.29) is 6.61 Å². The summed E-state index contributed by atoms with van der Waals surface area (Å²) in [6.45, 7) is 1.93. The summed E-state index contributed by atoms with van der Waals surface area (Å²) >= 11 is 0. The van der Waals surface area contributed by atoms with Gasteiger partial charge in [-0.05, 0) is 18.9 Å². The van der Waals surface area contributed by atoms with Gasteiger partial charge in [0, 0.05) is 0 Å². The molecule has 0 bridgehead atoms. The van der Waals surface area contributed by atoms with Crippen LogP contribution in [0.1, 0.15) is 58.3 Å². The van der Waals surface area contributed by atoms with E-state index in [9.17, 15) is 10.2 Å². The van der Waals surface area contributed by atoms with Gasteiger partial charge < -0.3 is 24.8 Å². The van der Waals surface area contributed by atoms with E-state index in [2.05, 4.69) is 6.92 Å². The second-order valence-electron chi connectivity index (χ2n) is 5.62. The maximum absolute atomic E-state index is 9.66. The van der Waals surface area contributed by atoms with E-state index in [1.165, 1.54) is 44.8 Å². The van der Waals surface area contributed by atoms with Crippen molar-refractivity contribution in [3.05, 3.63) is 12.3 Å². The van der Waals surface area contributed by atoms with Crippen LogP contribution in [0, 0.1) is 0 Å². The summed E-state index contributed by atoms with van der Waals surface area (Å²) in [7, 11) is 0. The fourth-order valence-corrected chi connectivity index (χ4v) is 2.47. The Hall–Kier alpha value is -0.620. The average Bonchev–Trinajstić information content (AvgIpc) is 2.76. The van der Waals surface area contributed by atoms with Crippen LogP contribution < -0.4 is 0 Å². The summed E-state index contributed by atoms with van der Waals surface area (Å²) < 4.78 is 10.3. The highest BCUT2D eigenvalue weighted by atomic mass is 16.7. The highest BCUT2D eigenvalue weighted by molar-refractivity contribution is 4.89. The molecular formula is C16H30O5. The smallest absolute Gasteiger partial charge is 0.185 e. The van der Waals surface area contributed by atoms with Crippen LogP contribution in [-0.2, 0) is 9.47 Å². The molecular weight excluding hydrogens is 272 g/mol. The Morgan fingerprint density at radius 3 is 2.38 bits per heavy atom. The van der Waals surface area contributed by atoms with Gasteiger partial charge in [-0.1, -0.05) is 45.4 Å². The van der Waals surface area contributed by atoms with Gasteiger partial charge in [0.05, 0.1) is 12.9 Å². The van der Waals surface area contributed by atoms with Crippen molar-refractivity contribution in [1.29, 1.82) is 0 Å². The first-order valence-electron chi connectivity index (χ1n) is 8.13. The van der Waals surface area contributed by atoms with Crippen molar-refractivity contribution in [3.8, 4) is 0 Å². The molecule has 5 nitrogen and oxygen atoms in total. The molecule has 1 aliphatic rings. The third-order valence-electron chi connectivity index (χ3n) is 3.80.